The van der Waals surface area contributed by atoms with E-state index >= 15 is 0 Å². The molecule has 0 spiro atoms. The molecule has 0 bridgehead atoms. The molecule has 0 aliphatic rings. The van der Waals surface area contributed by atoms with E-state index < -0.39 is 0 Å². The van der Waals surface area contributed by atoms with Crippen LogP contribution in [0.5, 0.6) is 0 Å². The fraction of sp³-hybridized carbons (Fsp3) is 0.333. The van der Waals surface area contributed by atoms with Crippen molar-refractivity contribution in [3.8, 4) is 5.69 Å². The molecule has 1 N–H and O–H groups in total. The van der Waals surface area contributed by atoms with Crippen LogP contribution in [0.1, 0.15) is 12.8 Å². The maximum Gasteiger partial charge on any atom is 0.305 e. The largest absolute Gasteiger partial charge is 0.469 e. The minimum Gasteiger partial charge on any atom is -0.469 e. The van der Waals surface area contributed by atoms with Crippen molar-refractivity contribution in [1.82, 2.24) is 15.1 Å². The van der Waals surface area contributed by atoms with Crippen LogP contribution in [0.15, 0.2) is 28.6 Å². The third-order valence-electron chi connectivity index (χ3n) is 3.03. The number of methoxy groups -OCH3 is 1. The summed E-state index contributed by atoms with van der Waals surface area (Å²) in [6.45, 7) is 0.411. The zero-order chi connectivity index (χ0) is 18.2. The van der Waals surface area contributed by atoms with E-state index in [4.69, 9.17) is 12.2 Å². The average molecular weight is 402 g/mol. The summed E-state index contributed by atoms with van der Waals surface area (Å²) >= 11 is 7.81. The van der Waals surface area contributed by atoms with Crippen molar-refractivity contribution >= 4 is 47.2 Å². The van der Waals surface area contributed by atoms with Gasteiger partial charge in [-0.1, -0.05) is 23.1 Å². The number of hydrogen-bond acceptors (Lipinski definition) is 7. The van der Waals surface area contributed by atoms with E-state index in [1.54, 1.807) is 12.1 Å². The van der Waals surface area contributed by atoms with Crippen molar-refractivity contribution in [2.45, 2.75) is 17.2 Å². The first kappa shape index (κ1) is 19.5. The molecule has 1 heterocycles. The smallest absolute Gasteiger partial charge is 0.305 e. The molecule has 0 radical (unpaired) electrons. The molecule has 25 heavy (non-hydrogen) atoms. The molecule has 0 atom stereocenters. The summed E-state index contributed by atoms with van der Waals surface area (Å²) in [5.74, 6) is -0.577. The van der Waals surface area contributed by atoms with Gasteiger partial charge in [-0.15, -0.1) is 5.10 Å². The van der Waals surface area contributed by atoms with Gasteiger partial charge in [0, 0.05) is 13.0 Å². The zero-order valence-electron chi connectivity index (χ0n) is 13.4. The van der Waals surface area contributed by atoms with Crippen LogP contribution in [-0.4, -0.2) is 41.1 Å². The van der Waals surface area contributed by atoms with Crippen LogP contribution in [-0.2, 0) is 14.3 Å². The van der Waals surface area contributed by atoms with E-state index in [2.05, 4.69) is 15.2 Å². The van der Waals surface area contributed by atoms with Crippen molar-refractivity contribution in [1.29, 1.82) is 0 Å². The van der Waals surface area contributed by atoms with Gasteiger partial charge in [-0.2, -0.15) is 0 Å². The van der Waals surface area contributed by atoms with E-state index in [-0.39, 0.29) is 29.9 Å². The maximum absolute atomic E-state index is 13.0. The number of amides is 1. The van der Waals surface area contributed by atoms with E-state index in [1.165, 1.54) is 47.0 Å². The highest BCUT2D eigenvalue weighted by atomic mass is 32.2. The molecule has 0 aliphatic heterocycles. The molecule has 1 aromatic carbocycles. The lowest BCUT2D eigenvalue weighted by atomic mass is 10.3. The van der Waals surface area contributed by atoms with Gasteiger partial charge in [0.05, 0.1) is 18.6 Å². The molecule has 2 rings (SSSR count). The first-order valence-corrected chi connectivity index (χ1v) is 9.53. The molecule has 0 saturated carbocycles. The summed E-state index contributed by atoms with van der Waals surface area (Å²) in [6.07, 6.45) is 0.800. The number of hydrogen-bond donors (Lipinski definition) is 1. The number of carbonyl (C=O) groups excluding carboxylic acids is 2. The van der Waals surface area contributed by atoms with Gasteiger partial charge in [-0.05, 0) is 42.9 Å². The highest BCUT2D eigenvalue weighted by Gasteiger charge is 2.09. The topological polar surface area (TPSA) is 73.2 Å². The quantitative estimate of drug-likeness (QED) is 0.317. The Labute approximate surface area is 157 Å². The standard InChI is InChI=1S/C15H16FN3O3S3/c1-22-13(21)3-2-8-17-12(20)9-24-14-18-19(15(23)25-14)11-6-4-10(16)5-7-11/h4-7H,2-3,8-9H2,1H3,(H,17,20). The Hall–Kier alpha value is -1.78. The van der Waals surface area contributed by atoms with Crippen LogP contribution in [0.2, 0.25) is 0 Å². The van der Waals surface area contributed by atoms with Gasteiger partial charge in [0.15, 0.2) is 8.29 Å². The molecule has 10 heteroatoms. The van der Waals surface area contributed by atoms with Crippen molar-refractivity contribution in [3.05, 3.63) is 34.0 Å². The lowest BCUT2D eigenvalue weighted by molar-refractivity contribution is -0.140. The van der Waals surface area contributed by atoms with Crippen molar-refractivity contribution in [2.75, 3.05) is 19.4 Å². The predicted octanol–water partition coefficient (Wildman–Crippen LogP) is 2.96. The zero-order valence-corrected chi connectivity index (χ0v) is 15.8. The Morgan fingerprint density at radius 1 is 1.40 bits per heavy atom. The molecule has 6 nitrogen and oxygen atoms in total. The highest BCUT2D eigenvalue weighted by Crippen LogP contribution is 2.24. The summed E-state index contributed by atoms with van der Waals surface area (Å²) < 4.78 is 20.2. The third-order valence-corrected chi connectivity index (χ3v) is 5.40. The number of aromatic nitrogens is 2. The van der Waals surface area contributed by atoms with Gasteiger partial charge < -0.3 is 10.1 Å². The molecule has 1 amide bonds. The number of esters is 1. The minimum atomic E-state index is -0.330. The summed E-state index contributed by atoms with van der Waals surface area (Å²) in [5.41, 5.74) is 0.668. The lowest BCUT2D eigenvalue weighted by Gasteiger charge is -2.03. The number of benzene rings is 1. The van der Waals surface area contributed by atoms with E-state index in [0.29, 0.717) is 26.9 Å². The highest BCUT2D eigenvalue weighted by molar-refractivity contribution is 8.01. The van der Waals surface area contributed by atoms with Crippen LogP contribution in [0, 0.1) is 9.77 Å². The van der Waals surface area contributed by atoms with Crippen LogP contribution in [0.25, 0.3) is 5.69 Å². The molecule has 0 unspecified atom stereocenters. The number of thioether (sulfide) groups is 1. The molecule has 0 saturated heterocycles. The second-order valence-corrected chi connectivity index (χ2v) is 7.69. The molecule has 0 aliphatic carbocycles. The SMILES string of the molecule is COC(=O)CCCNC(=O)CSc1nn(-c2ccc(F)cc2)c(=S)s1. The second kappa shape index (κ2) is 9.64. The van der Waals surface area contributed by atoms with Crippen LogP contribution < -0.4 is 5.32 Å². The number of nitrogens with one attached hydrogen (secondary N) is 1. The Morgan fingerprint density at radius 3 is 2.80 bits per heavy atom. The monoisotopic (exact) mass is 401 g/mol. The van der Waals surface area contributed by atoms with Gasteiger partial charge in [-0.3, -0.25) is 9.59 Å². The number of nitrogens with zero attached hydrogens (tertiary/aromatic N) is 2. The summed E-state index contributed by atoms with van der Waals surface area (Å²) in [6, 6.07) is 5.86. The Balaban J connectivity index is 1.82. The number of rotatable bonds is 8. The first-order chi connectivity index (χ1) is 12.0. The predicted molar refractivity (Wildman–Crippen MR) is 97.2 cm³/mol. The lowest BCUT2D eigenvalue weighted by Crippen LogP contribution is -2.26. The third kappa shape index (κ3) is 6.22. The molecular weight excluding hydrogens is 385 g/mol. The molecule has 2 aromatic rings. The van der Waals surface area contributed by atoms with Crippen LogP contribution in [0.4, 0.5) is 4.39 Å². The second-order valence-electron chi connectivity index (χ2n) is 4.84. The van der Waals surface area contributed by atoms with Gasteiger partial charge in [0.1, 0.15) is 5.82 Å². The fourth-order valence-electron chi connectivity index (χ4n) is 1.81. The van der Waals surface area contributed by atoms with E-state index in [9.17, 15) is 14.0 Å². The Kier molecular flexibility index (Phi) is 7.53. The summed E-state index contributed by atoms with van der Waals surface area (Å²) in [4.78, 5) is 22.7. The van der Waals surface area contributed by atoms with E-state index in [0.717, 1.165) is 0 Å². The number of halogens is 1. The molecular formula is C15H16FN3O3S3. The number of ether oxygens (including phenoxy) is 1. The Bertz CT molecular complexity index is 789. The minimum absolute atomic E-state index is 0.149. The summed E-state index contributed by atoms with van der Waals surface area (Å²) in [7, 11) is 1.33. The van der Waals surface area contributed by atoms with Crippen LogP contribution in [0.3, 0.4) is 0 Å². The normalized spacial score (nSPS) is 10.5. The van der Waals surface area contributed by atoms with Gasteiger partial charge in [-0.25, -0.2) is 9.07 Å². The van der Waals surface area contributed by atoms with E-state index in [1.807, 2.05) is 0 Å². The van der Waals surface area contributed by atoms with Gasteiger partial charge in [0.25, 0.3) is 0 Å². The van der Waals surface area contributed by atoms with Crippen molar-refractivity contribution in [2.24, 2.45) is 0 Å². The van der Waals surface area contributed by atoms with Gasteiger partial charge >= 0.3 is 5.97 Å². The molecule has 1 aromatic heterocycles. The van der Waals surface area contributed by atoms with Gasteiger partial charge in [0.2, 0.25) is 5.91 Å². The average Bonchev–Trinajstić information content (AvgIpc) is 2.98. The Morgan fingerprint density at radius 2 is 2.12 bits per heavy atom. The fourth-order valence-corrected chi connectivity index (χ4v) is 4.00. The molecule has 134 valence electrons. The van der Waals surface area contributed by atoms with Crippen molar-refractivity contribution in [3.63, 3.8) is 0 Å². The molecule has 0 fully saturated rings. The maximum atomic E-state index is 13.0. The number of carbonyl (C=O) groups is 2. The summed E-state index contributed by atoms with van der Waals surface area (Å²) in [5, 5.41) is 7.07. The van der Waals surface area contributed by atoms with Crippen LogP contribution >= 0.6 is 35.3 Å². The first-order valence-electron chi connectivity index (χ1n) is 7.32. The van der Waals surface area contributed by atoms with Crippen molar-refractivity contribution < 1.29 is 18.7 Å².